The molecular weight excluding hydrogens is 416 g/mol. The lowest BCUT2D eigenvalue weighted by Gasteiger charge is -2.15. The highest BCUT2D eigenvalue weighted by molar-refractivity contribution is 7.98. The van der Waals surface area contributed by atoms with Crippen LogP contribution in [0.15, 0.2) is 85.5 Å². The number of esters is 1. The number of fused-ring (bicyclic) bond motifs is 1. The van der Waals surface area contributed by atoms with Gasteiger partial charge in [0, 0.05) is 11.0 Å². The molecule has 31 heavy (non-hydrogen) atoms. The second kappa shape index (κ2) is 9.14. The molecule has 6 nitrogen and oxygen atoms in total. The number of hydrogen-bond donors (Lipinski definition) is 1. The smallest absolute Gasteiger partial charge is 0.306 e. The molecule has 1 N–H and O–H groups in total. The van der Waals surface area contributed by atoms with Crippen molar-refractivity contribution < 1.29 is 23.5 Å². The van der Waals surface area contributed by atoms with E-state index >= 15 is 0 Å². The molecule has 158 valence electrons. The van der Waals surface area contributed by atoms with Crippen molar-refractivity contribution in [1.29, 1.82) is 0 Å². The molecule has 0 radical (unpaired) electrons. The van der Waals surface area contributed by atoms with Crippen molar-refractivity contribution in [1.82, 2.24) is 0 Å². The van der Waals surface area contributed by atoms with E-state index in [1.165, 1.54) is 31.2 Å². The maximum atomic E-state index is 12.4. The molecule has 1 unspecified atom stereocenters. The quantitative estimate of drug-likeness (QED) is 0.319. The Kier molecular flexibility index (Phi) is 6.13. The van der Waals surface area contributed by atoms with Crippen LogP contribution in [0, 0.1) is 0 Å². The van der Waals surface area contributed by atoms with Crippen LogP contribution in [0.3, 0.4) is 0 Å². The van der Waals surface area contributed by atoms with Gasteiger partial charge in [0.25, 0.3) is 0 Å². The van der Waals surface area contributed by atoms with Gasteiger partial charge in [-0.3, -0.25) is 9.59 Å². The first-order valence-electron chi connectivity index (χ1n) is 9.63. The van der Waals surface area contributed by atoms with Crippen LogP contribution in [-0.4, -0.2) is 18.2 Å². The van der Waals surface area contributed by atoms with Crippen LogP contribution in [-0.2, 0) is 15.3 Å². The predicted molar refractivity (Wildman–Crippen MR) is 117 cm³/mol. The second-order valence-corrected chi connectivity index (χ2v) is 7.98. The van der Waals surface area contributed by atoms with E-state index in [1.54, 1.807) is 12.1 Å². The van der Waals surface area contributed by atoms with Crippen molar-refractivity contribution in [3.63, 3.8) is 0 Å². The van der Waals surface area contributed by atoms with Crippen LogP contribution < -0.4 is 5.43 Å². The first-order chi connectivity index (χ1) is 15.0. The monoisotopic (exact) mass is 436 g/mol. The summed E-state index contributed by atoms with van der Waals surface area (Å²) in [5.41, 5.74) is -0.572. The molecule has 0 amide bonds. The van der Waals surface area contributed by atoms with Crippen molar-refractivity contribution in [3.05, 3.63) is 94.4 Å². The fourth-order valence-electron chi connectivity index (χ4n) is 3.34. The number of thioether (sulfide) groups is 1. The Labute approximate surface area is 182 Å². The summed E-state index contributed by atoms with van der Waals surface area (Å²) in [4.78, 5) is 25.4. The molecule has 0 saturated heterocycles. The molecule has 0 aliphatic heterocycles. The highest BCUT2D eigenvalue weighted by Gasteiger charge is 2.28. The standard InChI is InChI=1S/C24H20O6S/c1-28-22(26)13-19(21-7-4-10-29-21)24-23(27)20(25)12-17(30-24)14-31-18-9-8-15-5-2-3-6-16(15)11-18/h2-12,19,27H,13-14H2,1H3. The number of rotatable bonds is 7. The van der Waals surface area contributed by atoms with Gasteiger partial charge in [0.1, 0.15) is 11.5 Å². The molecule has 2 aromatic carbocycles. The Hall–Kier alpha value is -3.45. The third-order valence-electron chi connectivity index (χ3n) is 4.90. The summed E-state index contributed by atoms with van der Waals surface area (Å²) < 4.78 is 16.1. The molecule has 2 heterocycles. The third kappa shape index (κ3) is 4.67. The molecule has 4 aromatic rings. The normalized spacial score (nSPS) is 12.0. The minimum absolute atomic E-state index is 0.0121. The maximum Gasteiger partial charge on any atom is 0.306 e. The Morgan fingerprint density at radius 2 is 1.90 bits per heavy atom. The number of ether oxygens (including phenoxy) is 1. The van der Waals surface area contributed by atoms with Gasteiger partial charge in [-0.25, -0.2) is 0 Å². The number of methoxy groups -OCH3 is 1. The second-order valence-electron chi connectivity index (χ2n) is 6.94. The van der Waals surface area contributed by atoms with Gasteiger partial charge < -0.3 is 18.7 Å². The Morgan fingerprint density at radius 3 is 2.65 bits per heavy atom. The minimum atomic E-state index is -0.777. The minimum Gasteiger partial charge on any atom is -0.502 e. The zero-order valence-corrected chi connectivity index (χ0v) is 17.6. The number of furan rings is 1. The molecule has 4 rings (SSSR count). The van der Waals surface area contributed by atoms with E-state index in [-0.39, 0.29) is 12.2 Å². The van der Waals surface area contributed by atoms with E-state index in [2.05, 4.69) is 6.07 Å². The molecule has 1 atom stereocenters. The number of carbonyl (C=O) groups excluding carboxylic acids is 1. The summed E-state index contributed by atoms with van der Waals surface area (Å²) in [5.74, 6) is -0.684. The maximum absolute atomic E-state index is 12.4. The highest BCUT2D eigenvalue weighted by atomic mass is 32.2. The van der Waals surface area contributed by atoms with Gasteiger partial charge in [-0.1, -0.05) is 30.3 Å². The molecular formula is C24H20O6S. The summed E-state index contributed by atoms with van der Waals surface area (Å²) in [6.07, 6.45) is 1.32. The summed E-state index contributed by atoms with van der Waals surface area (Å²) in [6.45, 7) is 0. The van der Waals surface area contributed by atoms with E-state index in [0.717, 1.165) is 15.7 Å². The van der Waals surface area contributed by atoms with E-state index < -0.39 is 23.1 Å². The average molecular weight is 436 g/mol. The van der Waals surface area contributed by atoms with Crippen LogP contribution in [0.4, 0.5) is 0 Å². The van der Waals surface area contributed by atoms with Gasteiger partial charge in [0.15, 0.2) is 5.76 Å². The largest absolute Gasteiger partial charge is 0.502 e. The van der Waals surface area contributed by atoms with Crippen LogP contribution in [0.5, 0.6) is 5.75 Å². The third-order valence-corrected chi connectivity index (χ3v) is 5.92. The van der Waals surface area contributed by atoms with Crippen LogP contribution in [0.25, 0.3) is 10.8 Å². The molecule has 0 aliphatic rings. The van der Waals surface area contributed by atoms with Gasteiger partial charge in [-0.15, -0.1) is 11.8 Å². The topological polar surface area (TPSA) is 89.9 Å². The Balaban J connectivity index is 1.63. The Morgan fingerprint density at radius 1 is 1.10 bits per heavy atom. The molecule has 0 fully saturated rings. The SMILES string of the molecule is COC(=O)CC(c1ccco1)c1oc(CSc2ccc3ccccc3c2)cc(=O)c1O. The van der Waals surface area contributed by atoms with E-state index in [9.17, 15) is 14.7 Å². The fourth-order valence-corrected chi connectivity index (χ4v) is 4.16. The summed E-state index contributed by atoms with van der Waals surface area (Å²) in [7, 11) is 1.27. The van der Waals surface area contributed by atoms with Gasteiger partial charge in [0.05, 0.1) is 31.5 Å². The molecule has 7 heteroatoms. The van der Waals surface area contributed by atoms with E-state index in [0.29, 0.717) is 17.3 Å². The molecule has 0 bridgehead atoms. The van der Waals surface area contributed by atoms with Crippen molar-refractivity contribution in [2.24, 2.45) is 0 Å². The zero-order valence-electron chi connectivity index (χ0n) is 16.7. The number of carbonyl (C=O) groups is 1. The molecule has 0 saturated carbocycles. The van der Waals surface area contributed by atoms with Crippen LogP contribution >= 0.6 is 11.8 Å². The average Bonchev–Trinajstić information content (AvgIpc) is 3.32. The number of benzene rings is 2. The van der Waals surface area contributed by atoms with Crippen molar-refractivity contribution in [3.8, 4) is 5.75 Å². The summed E-state index contributed by atoms with van der Waals surface area (Å²) in [5, 5.41) is 12.6. The van der Waals surface area contributed by atoms with E-state index in [1.807, 2.05) is 36.4 Å². The van der Waals surface area contributed by atoms with Crippen LogP contribution in [0.1, 0.15) is 29.6 Å². The van der Waals surface area contributed by atoms with Crippen LogP contribution in [0.2, 0.25) is 0 Å². The zero-order chi connectivity index (χ0) is 21.8. The Bertz CT molecular complexity index is 1260. The fraction of sp³-hybridized carbons (Fsp3) is 0.167. The summed E-state index contributed by atoms with van der Waals surface area (Å²) in [6, 6.07) is 18.8. The van der Waals surface area contributed by atoms with Crippen molar-refractivity contribution >= 4 is 28.5 Å². The lowest BCUT2D eigenvalue weighted by molar-refractivity contribution is -0.141. The van der Waals surface area contributed by atoms with Gasteiger partial charge >= 0.3 is 5.97 Å². The molecule has 2 aromatic heterocycles. The first-order valence-corrected chi connectivity index (χ1v) is 10.6. The number of hydrogen-bond acceptors (Lipinski definition) is 7. The highest BCUT2D eigenvalue weighted by Crippen LogP contribution is 2.35. The van der Waals surface area contributed by atoms with Gasteiger partial charge in [0.2, 0.25) is 11.2 Å². The molecule has 0 aliphatic carbocycles. The molecule has 0 spiro atoms. The van der Waals surface area contributed by atoms with Crippen molar-refractivity contribution in [2.45, 2.75) is 23.0 Å². The predicted octanol–water partition coefficient (Wildman–Crippen LogP) is 5.08. The first kappa shape index (κ1) is 20.8. The lowest BCUT2D eigenvalue weighted by atomic mass is 9.98. The van der Waals surface area contributed by atoms with Crippen molar-refractivity contribution in [2.75, 3.05) is 7.11 Å². The van der Waals surface area contributed by atoms with E-state index in [4.69, 9.17) is 13.6 Å². The van der Waals surface area contributed by atoms with Gasteiger partial charge in [-0.2, -0.15) is 0 Å². The number of aromatic hydroxyl groups is 1. The summed E-state index contributed by atoms with van der Waals surface area (Å²) >= 11 is 1.51. The van der Waals surface area contributed by atoms with Gasteiger partial charge in [-0.05, 0) is 35.0 Å². The lowest BCUT2D eigenvalue weighted by Crippen LogP contribution is -2.13.